The number of para-hydroxylation sites is 1. The summed E-state index contributed by atoms with van der Waals surface area (Å²) >= 11 is 0. The first-order valence-corrected chi connectivity index (χ1v) is 8.33. The number of nitrogens with one attached hydrogen (secondary N) is 2. The smallest absolute Gasteiger partial charge is 0.339 e. The number of hydrogen-bond acceptors (Lipinski definition) is 4. The van der Waals surface area contributed by atoms with E-state index in [1.807, 2.05) is 25.1 Å². The molecule has 1 saturated carbocycles. The molecule has 0 radical (unpaired) electrons. The van der Waals surface area contributed by atoms with Gasteiger partial charge in [0.1, 0.15) is 5.41 Å². The van der Waals surface area contributed by atoms with E-state index in [-0.39, 0.29) is 11.5 Å². The summed E-state index contributed by atoms with van der Waals surface area (Å²) in [5, 5.41) is 5.52. The molecule has 0 spiro atoms. The van der Waals surface area contributed by atoms with Crippen LogP contribution < -0.4 is 10.6 Å². The van der Waals surface area contributed by atoms with Gasteiger partial charge in [-0.3, -0.25) is 9.59 Å². The fourth-order valence-corrected chi connectivity index (χ4v) is 2.78. The Morgan fingerprint density at radius 1 is 0.962 bits per heavy atom. The van der Waals surface area contributed by atoms with Crippen LogP contribution in [-0.4, -0.2) is 24.9 Å². The van der Waals surface area contributed by atoms with Crippen molar-refractivity contribution < 1.29 is 19.1 Å². The zero-order valence-corrected chi connectivity index (χ0v) is 14.7. The zero-order valence-electron chi connectivity index (χ0n) is 14.7. The van der Waals surface area contributed by atoms with Crippen LogP contribution in [0, 0.1) is 12.3 Å². The van der Waals surface area contributed by atoms with Crippen LogP contribution in [-0.2, 0) is 14.3 Å². The van der Waals surface area contributed by atoms with Gasteiger partial charge in [0.15, 0.2) is 0 Å². The Kier molecular flexibility index (Phi) is 4.75. The maximum atomic E-state index is 12.7. The van der Waals surface area contributed by atoms with Gasteiger partial charge in [0.2, 0.25) is 11.8 Å². The predicted molar refractivity (Wildman–Crippen MR) is 97.9 cm³/mol. The molecule has 3 rings (SSSR count). The molecular weight excluding hydrogens is 332 g/mol. The number of methoxy groups -OCH3 is 1. The molecule has 0 saturated heterocycles. The second-order valence-corrected chi connectivity index (χ2v) is 6.40. The van der Waals surface area contributed by atoms with Gasteiger partial charge in [-0.1, -0.05) is 24.3 Å². The number of carbonyl (C=O) groups excluding carboxylic acids is 3. The second-order valence-electron chi connectivity index (χ2n) is 6.40. The Bertz CT molecular complexity index is 872. The summed E-state index contributed by atoms with van der Waals surface area (Å²) in [5.41, 5.74) is 1.15. The molecule has 0 aromatic heterocycles. The van der Waals surface area contributed by atoms with Crippen LogP contribution in [0.5, 0.6) is 0 Å². The lowest BCUT2D eigenvalue weighted by atomic mass is 10.0. The van der Waals surface area contributed by atoms with Gasteiger partial charge in [0, 0.05) is 5.69 Å². The average molecular weight is 352 g/mol. The molecule has 26 heavy (non-hydrogen) atoms. The summed E-state index contributed by atoms with van der Waals surface area (Å²) in [5.74, 6) is -1.30. The summed E-state index contributed by atoms with van der Waals surface area (Å²) in [6, 6.07) is 14.0. The first-order valence-electron chi connectivity index (χ1n) is 8.33. The van der Waals surface area contributed by atoms with E-state index in [4.69, 9.17) is 4.74 Å². The van der Waals surface area contributed by atoms with E-state index in [0.717, 1.165) is 5.56 Å². The SMILES string of the molecule is COC(=O)c1ccccc1NC(=O)C1(C(=O)Nc2cccc(C)c2)CC1. The van der Waals surface area contributed by atoms with Crippen molar-refractivity contribution in [3.05, 3.63) is 59.7 Å². The van der Waals surface area contributed by atoms with E-state index in [2.05, 4.69) is 10.6 Å². The molecule has 0 aliphatic heterocycles. The number of amides is 2. The molecule has 2 amide bonds. The molecule has 2 N–H and O–H groups in total. The number of anilines is 2. The van der Waals surface area contributed by atoms with Crippen LogP contribution in [0.2, 0.25) is 0 Å². The minimum atomic E-state index is -1.10. The highest BCUT2D eigenvalue weighted by Gasteiger charge is 2.56. The van der Waals surface area contributed by atoms with Gasteiger partial charge in [-0.2, -0.15) is 0 Å². The molecule has 6 nitrogen and oxygen atoms in total. The molecule has 0 bridgehead atoms. The number of benzene rings is 2. The molecule has 1 aliphatic rings. The lowest BCUT2D eigenvalue weighted by Gasteiger charge is -2.17. The Labute approximate surface area is 151 Å². The molecule has 2 aromatic rings. The number of rotatable bonds is 5. The third-order valence-corrected chi connectivity index (χ3v) is 4.48. The molecule has 1 fully saturated rings. The van der Waals surface area contributed by atoms with E-state index in [1.54, 1.807) is 30.3 Å². The molecule has 1 aliphatic carbocycles. The molecule has 0 heterocycles. The standard InChI is InChI=1S/C20H20N2O4/c1-13-6-5-7-14(12-13)21-18(24)20(10-11-20)19(25)22-16-9-4-3-8-15(16)17(23)26-2/h3-9,12H,10-11H2,1-2H3,(H,21,24)(H,22,25). The highest BCUT2D eigenvalue weighted by Crippen LogP contribution is 2.47. The molecule has 6 heteroatoms. The highest BCUT2D eigenvalue weighted by atomic mass is 16.5. The van der Waals surface area contributed by atoms with Gasteiger partial charge in [-0.15, -0.1) is 0 Å². The van der Waals surface area contributed by atoms with E-state index in [0.29, 0.717) is 24.2 Å². The van der Waals surface area contributed by atoms with Gasteiger partial charge in [-0.25, -0.2) is 4.79 Å². The minimum absolute atomic E-state index is 0.248. The number of hydrogen-bond donors (Lipinski definition) is 2. The highest BCUT2D eigenvalue weighted by molar-refractivity contribution is 6.17. The Morgan fingerprint density at radius 2 is 1.65 bits per heavy atom. The van der Waals surface area contributed by atoms with Crippen molar-refractivity contribution in [2.75, 3.05) is 17.7 Å². The monoisotopic (exact) mass is 352 g/mol. The van der Waals surface area contributed by atoms with Crippen molar-refractivity contribution >= 4 is 29.2 Å². The quantitative estimate of drug-likeness (QED) is 0.639. The zero-order chi connectivity index (χ0) is 18.7. The summed E-state index contributed by atoms with van der Waals surface area (Å²) < 4.78 is 4.73. The molecule has 2 aromatic carbocycles. The van der Waals surface area contributed by atoms with Crippen molar-refractivity contribution in [3.8, 4) is 0 Å². The molecule has 134 valence electrons. The maximum Gasteiger partial charge on any atom is 0.339 e. The first kappa shape index (κ1) is 17.7. The van der Waals surface area contributed by atoms with Gasteiger partial charge < -0.3 is 15.4 Å². The molecule has 0 unspecified atom stereocenters. The lowest BCUT2D eigenvalue weighted by molar-refractivity contribution is -0.131. The van der Waals surface area contributed by atoms with Gasteiger partial charge >= 0.3 is 5.97 Å². The Balaban J connectivity index is 1.75. The Hall–Kier alpha value is -3.15. The lowest BCUT2D eigenvalue weighted by Crippen LogP contribution is -2.36. The van der Waals surface area contributed by atoms with Crippen molar-refractivity contribution in [2.24, 2.45) is 5.41 Å². The van der Waals surface area contributed by atoms with Crippen LogP contribution in [0.3, 0.4) is 0 Å². The Morgan fingerprint density at radius 3 is 2.31 bits per heavy atom. The summed E-state index contributed by atoms with van der Waals surface area (Å²) in [7, 11) is 1.28. The number of ether oxygens (including phenoxy) is 1. The van der Waals surface area contributed by atoms with Crippen molar-refractivity contribution in [1.82, 2.24) is 0 Å². The maximum absolute atomic E-state index is 12.7. The third-order valence-electron chi connectivity index (χ3n) is 4.48. The van der Waals surface area contributed by atoms with Crippen LogP contribution in [0.4, 0.5) is 11.4 Å². The second kappa shape index (κ2) is 7.00. The van der Waals surface area contributed by atoms with Gasteiger partial charge in [0.05, 0.1) is 18.4 Å². The van der Waals surface area contributed by atoms with E-state index >= 15 is 0 Å². The van der Waals surface area contributed by atoms with Crippen molar-refractivity contribution in [3.63, 3.8) is 0 Å². The summed E-state index contributed by atoms with van der Waals surface area (Å²) in [6.07, 6.45) is 0.938. The molecular formula is C20H20N2O4. The third kappa shape index (κ3) is 3.44. The predicted octanol–water partition coefficient (Wildman–Crippen LogP) is 3.14. The first-order chi connectivity index (χ1) is 12.5. The normalized spacial score (nSPS) is 14.2. The van der Waals surface area contributed by atoms with E-state index in [9.17, 15) is 14.4 Å². The summed E-state index contributed by atoms with van der Waals surface area (Å²) in [4.78, 5) is 37.2. The van der Waals surface area contributed by atoms with E-state index in [1.165, 1.54) is 7.11 Å². The largest absolute Gasteiger partial charge is 0.465 e. The number of carbonyl (C=O) groups is 3. The number of esters is 1. The minimum Gasteiger partial charge on any atom is -0.465 e. The fourth-order valence-electron chi connectivity index (χ4n) is 2.78. The van der Waals surface area contributed by atoms with Crippen molar-refractivity contribution in [1.29, 1.82) is 0 Å². The average Bonchev–Trinajstić information content (AvgIpc) is 3.43. The van der Waals surface area contributed by atoms with Crippen LogP contribution in [0.1, 0.15) is 28.8 Å². The van der Waals surface area contributed by atoms with Crippen molar-refractivity contribution in [2.45, 2.75) is 19.8 Å². The topological polar surface area (TPSA) is 84.5 Å². The van der Waals surface area contributed by atoms with Gasteiger partial charge in [0.25, 0.3) is 0 Å². The summed E-state index contributed by atoms with van der Waals surface area (Å²) in [6.45, 7) is 1.93. The van der Waals surface area contributed by atoms with Gasteiger partial charge in [-0.05, 0) is 49.6 Å². The number of aryl methyl sites for hydroxylation is 1. The van der Waals surface area contributed by atoms with E-state index < -0.39 is 17.3 Å². The van der Waals surface area contributed by atoms with Crippen LogP contribution >= 0.6 is 0 Å². The fraction of sp³-hybridized carbons (Fsp3) is 0.250. The molecule has 0 atom stereocenters. The van der Waals surface area contributed by atoms with Crippen LogP contribution in [0.15, 0.2) is 48.5 Å². The van der Waals surface area contributed by atoms with Crippen LogP contribution in [0.25, 0.3) is 0 Å².